The summed E-state index contributed by atoms with van der Waals surface area (Å²) in [4.78, 5) is 11.2. The van der Waals surface area contributed by atoms with Crippen LogP contribution in [0.15, 0.2) is 5.38 Å². The van der Waals surface area contributed by atoms with Crippen LogP contribution in [0.3, 0.4) is 0 Å². The second-order valence-electron chi connectivity index (χ2n) is 3.02. The smallest absolute Gasteiger partial charge is 0.355 e. The van der Waals surface area contributed by atoms with E-state index in [0.717, 1.165) is 18.4 Å². The summed E-state index contributed by atoms with van der Waals surface area (Å²) >= 11 is 0.915. The number of rotatable bonds is 4. The molecule has 1 aromatic heterocycles. The number of anilines is 1. The summed E-state index contributed by atoms with van der Waals surface area (Å²) in [5.41, 5.74) is 0.210. The van der Waals surface area contributed by atoms with Crippen molar-refractivity contribution < 1.29 is 26.7 Å². The van der Waals surface area contributed by atoms with Crippen LogP contribution in [0, 0.1) is 6.92 Å². The molecule has 1 heterocycles. The monoisotopic (exact) mass is 285 g/mol. The highest BCUT2D eigenvalue weighted by atomic mass is 32.2. The lowest BCUT2D eigenvalue weighted by atomic mass is 10.3. The van der Waals surface area contributed by atoms with Gasteiger partial charge in [0.15, 0.2) is 0 Å². The van der Waals surface area contributed by atoms with Crippen LogP contribution in [0.4, 0.5) is 14.5 Å². The largest absolute Gasteiger partial charge is 0.465 e. The van der Waals surface area contributed by atoms with E-state index in [9.17, 15) is 22.0 Å². The number of alkyl halides is 2. The van der Waals surface area contributed by atoms with E-state index in [0.29, 0.717) is 5.56 Å². The minimum Gasteiger partial charge on any atom is -0.465 e. The summed E-state index contributed by atoms with van der Waals surface area (Å²) in [5.74, 6) is -4.35. The van der Waals surface area contributed by atoms with Crippen LogP contribution in [0.1, 0.15) is 15.2 Å². The summed E-state index contributed by atoms with van der Waals surface area (Å²) in [5, 5.41) is 1.47. The first-order valence-corrected chi connectivity index (χ1v) is 6.68. The van der Waals surface area contributed by atoms with Crippen LogP contribution in [0.5, 0.6) is 0 Å². The standard InChI is InChI=1S/C8H9F2NO4S2/c1-4-3-16-6(7(12)15-2)5(4)11-17(13,14)8(9)10/h3,8,11H,1-2H3. The van der Waals surface area contributed by atoms with Gasteiger partial charge < -0.3 is 4.74 Å². The number of carbonyl (C=O) groups is 1. The van der Waals surface area contributed by atoms with Crippen LogP contribution >= 0.6 is 11.3 Å². The summed E-state index contributed by atoms with van der Waals surface area (Å²) in [6.45, 7) is 1.49. The molecule has 96 valence electrons. The highest BCUT2D eigenvalue weighted by molar-refractivity contribution is 7.93. The van der Waals surface area contributed by atoms with Gasteiger partial charge in [-0.2, -0.15) is 8.78 Å². The lowest BCUT2D eigenvalue weighted by molar-refractivity contribution is 0.0607. The van der Waals surface area contributed by atoms with Crippen molar-refractivity contribution in [3.05, 3.63) is 15.8 Å². The summed E-state index contributed by atoms with van der Waals surface area (Å²) in [6.07, 6.45) is 0. The highest BCUT2D eigenvalue weighted by Gasteiger charge is 2.27. The van der Waals surface area contributed by atoms with Gasteiger partial charge in [0.1, 0.15) is 4.88 Å². The van der Waals surface area contributed by atoms with Crippen molar-refractivity contribution in [3.63, 3.8) is 0 Å². The molecule has 0 aliphatic heterocycles. The Kier molecular flexibility index (Phi) is 4.04. The van der Waals surface area contributed by atoms with Gasteiger partial charge >= 0.3 is 11.7 Å². The maximum Gasteiger partial charge on any atom is 0.355 e. The van der Waals surface area contributed by atoms with Crippen molar-refractivity contribution in [2.45, 2.75) is 12.7 Å². The first-order valence-electron chi connectivity index (χ1n) is 4.25. The molecule has 0 spiro atoms. The van der Waals surface area contributed by atoms with Gasteiger partial charge in [-0.1, -0.05) is 0 Å². The van der Waals surface area contributed by atoms with Gasteiger partial charge in [-0.25, -0.2) is 13.2 Å². The minimum atomic E-state index is -4.79. The molecule has 1 N–H and O–H groups in total. The van der Waals surface area contributed by atoms with Crippen molar-refractivity contribution in [2.24, 2.45) is 0 Å². The average molecular weight is 285 g/mol. The molecular weight excluding hydrogens is 276 g/mol. The van der Waals surface area contributed by atoms with Crippen molar-refractivity contribution in [1.29, 1.82) is 0 Å². The molecule has 17 heavy (non-hydrogen) atoms. The van der Waals surface area contributed by atoms with E-state index in [4.69, 9.17) is 0 Å². The number of halogens is 2. The van der Waals surface area contributed by atoms with Crippen LogP contribution in [-0.4, -0.2) is 27.3 Å². The lowest BCUT2D eigenvalue weighted by Gasteiger charge is -2.08. The predicted molar refractivity (Wildman–Crippen MR) is 58.9 cm³/mol. The van der Waals surface area contributed by atoms with E-state index in [1.54, 1.807) is 4.72 Å². The third-order valence-corrected chi connectivity index (χ3v) is 3.86. The van der Waals surface area contributed by atoms with Crippen LogP contribution in [0.2, 0.25) is 0 Å². The number of esters is 1. The third-order valence-electron chi connectivity index (χ3n) is 1.82. The number of ether oxygens (including phenoxy) is 1. The summed E-state index contributed by atoms with van der Waals surface area (Å²) in [6, 6.07) is 0. The molecule has 1 aromatic rings. The van der Waals surface area contributed by atoms with E-state index in [1.165, 1.54) is 12.3 Å². The van der Waals surface area contributed by atoms with Crippen LogP contribution in [0.25, 0.3) is 0 Å². The summed E-state index contributed by atoms with van der Waals surface area (Å²) < 4.78 is 52.5. The first-order chi connectivity index (χ1) is 7.79. The number of hydrogen-bond donors (Lipinski definition) is 1. The van der Waals surface area contributed by atoms with E-state index in [-0.39, 0.29) is 10.6 Å². The Morgan fingerprint density at radius 2 is 2.12 bits per heavy atom. The van der Waals surface area contributed by atoms with Crippen LogP contribution < -0.4 is 4.72 Å². The lowest BCUT2D eigenvalue weighted by Crippen LogP contribution is -2.21. The summed E-state index contributed by atoms with van der Waals surface area (Å²) in [7, 11) is -3.68. The fourth-order valence-corrected chi connectivity index (χ4v) is 2.62. The maximum absolute atomic E-state index is 12.2. The maximum atomic E-state index is 12.2. The molecular formula is C8H9F2NO4S2. The molecule has 0 saturated heterocycles. The Bertz CT molecular complexity index is 524. The van der Waals surface area contributed by atoms with Crippen LogP contribution in [-0.2, 0) is 14.8 Å². The molecule has 0 aliphatic carbocycles. The second kappa shape index (κ2) is 4.96. The molecule has 0 unspecified atom stereocenters. The number of methoxy groups -OCH3 is 1. The Hall–Kier alpha value is -1.22. The molecule has 5 nitrogen and oxygen atoms in total. The minimum absolute atomic E-state index is 0.0609. The van der Waals surface area contributed by atoms with E-state index < -0.39 is 21.8 Å². The fraction of sp³-hybridized carbons (Fsp3) is 0.375. The van der Waals surface area contributed by atoms with Gasteiger partial charge in [0.25, 0.3) is 10.0 Å². The SMILES string of the molecule is COC(=O)c1scc(C)c1NS(=O)(=O)C(F)F. The zero-order valence-electron chi connectivity index (χ0n) is 8.86. The Balaban J connectivity index is 3.15. The quantitative estimate of drug-likeness (QED) is 0.856. The molecule has 9 heteroatoms. The van der Waals surface area contributed by atoms with Gasteiger partial charge in [0, 0.05) is 0 Å². The van der Waals surface area contributed by atoms with Crippen molar-refractivity contribution >= 4 is 33.0 Å². The zero-order valence-corrected chi connectivity index (χ0v) is 10.5. The Labute approximate surface area is 100 Å². The third kappa shape index (κ3) is 2.91. The van der Waals surface area contributed by atoms with Gasteiger partial charge in [0.05, 0.1) is 12.8 Å². The molecule has 0 atom stereocenters. The number of nitrogens with one attached hydrogen (secondary N) is 1. The van der Waals surface area contributed by atoms with Gasteiger partial charge in [0.2, 0.25) is 0 Å². The molecule has 0 fully saturated rings. The Morgan fingerprint density at radius 3 is 2.59 bits per heavy atom. The normalized spacial score (nSPS) is 11.6. The fourth-order valence-electron chi connectivity index (χ4n) is 1.00. The van der Waals surface area contributed by atoms with E-state index >= 15 is 0 Å². The van der Waals surface area contributed by atoms with Crippen molar-refractivity contribution in [2.75, 3.05) is 11.8 Å². The topological polar surface area (TPSA) is 72.5 Å². The molecule has 0 saturated carbocycles. The molecule has 0 amide bonds. The Morgan fingerprint density at radius 1 is 1.53 bits per heavy atom. The van der Waals surface area contributed by atoms with Crippen molar-refractivity contribution in [1.82, 2.24) is 0 Å². The predicted octanol–water partition coefficient (Wildman–Crippen LogP) is 1.81. The number of carbonyl (C=O) groups excluding carboxylic acids is 1. The molecule has 0 radical (unpaired) electrons. The van der Waals surface area contributed by atoms with E-state index in [2.05, 4.69) is 4.74 Å². The number of aryl methyl sites for hydroxylation is 1. The molecule has 0 bridgehead atoms. The molecule has 1 rings (SSSR count). The van der Waals surface area contributed by atoms with Gasteiger partial charge in [-0.05, 0) is 17.9 Å². The number of thiophene rings is 1. The van der Waals surface area contributed by atoms with Gasteiger partial charge in [-0.15, -0.1) is 11.3 Å². The highest BCUT2D eigenvalue weighted by Crippen LogP contribution is 2.29. The molecule has 0 aromatic carbocycles. The average Bonchev–Trinajstić information content (AvgIpc) is 2.59. The zero-order chi connectivity index (χ0) is 13.2. The molecule has 0 aliphatic rings. The number of hydrogen-bond acceptors (Lipinski definition) is 5. The number of sulfonamides is 1. The second-order valence-corrected chi connectivity index (χ2v) is 5.55. The van der Waals surface area contributed by atoms with Gasteiger partial charge in [-0.3, -0.25) is 4.72 Å². The first kappa shape index (κ1) is 13.8. The van der Waals surface area contributed by atoms with Crippen molar-refractivity contribution in [3.8, 4) is 0 Å². The van der Waals surface area contributed by atoms with E-state index in [1.807, 2.05) is 0 Å².